The first-order chi connectivity index (χ1) is 12.2. The van der Waals surface area contributed by atoms with E-state index in [0.29, 0.717) is 29.9 Å². The monoisotopic (exact) mass is 377 g/mol. The smallest absolute Gasteiger partial charge is 0.379 e. The summed E-state index contributed by atoms with van der Waals surface area (Å²) < 4.78 is 49.4. The van der Waals surface area contributed by atoms with Gasteiger partial charge in [-0.3, -0.25) is 14.4 Å². The molecule has 0 saturated carbocycles. The maximum atomic E-state index is 12.7. The third-order valence-electron chi connectivity index (χ3n) is 3.70. The standard InChI is InChI=1S/C15H18F3N3O5/c16-15(17,18)9-1-2-14(24)21(5-9)6-13(23)20-10-7-25-4-3-11(10)26-8-12(19)22/h1-2,5,10-11H,3-4,6-8H2,(H2,19,22)(H,20,23)/t10-,11+/m0/s1. The fourth-order valence-corrected chi connectivity index (χ4v) is 2.47. The van der Waals surface area contributed by atoms with E-state index in [0.717, 1.165) is 6.07 Å². The highest BCUT2D eigenvalue weighted by molar-refractivity contribution is 5.76. The Kier molecular flexibility index (Phi) is 6.37. The Morgan fingerprint density at radius 2 is 2.12 bits per heavy atom. The van der Waals surface area contributed by atoms with Crippen LogP contribution in [0, 0.1) is 0 Å². The van der Waals surface area contributed by atoms with Crippen LogP contribution >= 0.6 is 0 Å². The van der Waals surface area contributed by atoms with E-state index in [4.69, 9.17) is 15.2 Å². The Morgan fingerprint density at radius 1 is 1.38 bits per heavy atom. The van der Waals surface area contributed by atoms with E-state index in [2.05, 4.69) is 5.32 Å². The van der Waals surface area contributed by atoms with Crippen LogP contribution in [0.4, 0.5) is 13.2 Å². The molecule has 0 spiro atoms. The number of hydrogen-bond acceptors (Lipinski definition) is 5. The summed E-state index contributed by atoms with van der Waals surface area (Å²) >= 11 is 0. The topological polar surface area (TPSA) is 113 Å². The summed E-state index contributed by atoms with van der Waals surface area (Å²) in [6, 6.07) is 0.787. The van der Waals surface area contributed by atoms with Crippen LogP contribution in [-0.2, 0) is 31.8 Å². The lowest BCUT2D eigenvalue weighted by atomic mass is 10.1. The number of alkyl halides is 3. The molecule has 0 unspecified atom stereocenters. The molecule has 1 fully saturated rings. The summed E-state index contributed by atoms with van der Waals surface area (Å²) in [5.41, 5.74) is 3.24. The molecule has 2 amide bonds. The first kappa shape index (κ1) is 19.9. The molecule has 2 atom stereocenters. The van der Waals surface area contributed by atoms with Crippen LogP contribution in [0.1, 0.15) is 12.0 Å². The van der Waals surface area contributed by atoms with Crippen molar-refractivity contribution in [3.8, 4) is 0 Å². The van der Waals surface area contributed by atoms with Crippen molar-refractivity contribution in [1.29, 1.82) is 0 Å². The Bertz CT molecular complexity index is 719. The fraction of sp³-hybridized carbons (Fsp3) is 0.533. The van der Waals surface area contributed by atoms with Crippen molar-refractivity contribution in [3.05, 3.63) is 34.2 Å². The molecule has 1 aliphatic heterocycles. The summed E-state index contributed by atoms with van der Waals surface area (Å²) in [4.78, 5) is 34.6. The average molecular weight is 377 g/mol. The van der Waals surface area contributed by atoms with E-state index in [-0.39, 0.29) is 13.2 Å². The molecule has 1 saturated heterocycles. The molecule has 8 nitrogen and oxygen atoms in total. The number of nitrogens with two attached hydrogens (primary N) is 1. The molecule has 11 heteroatoms. The summed E-state index contributed by atoms with van der Waals surface area (Å²) in [5.74, 6) is -1.35. The van der Waals surface area contributed by atoms with Crippen LogP contribution in [0.15, 0.2) is 23.1 Å². The van der Waals surface area contributed by atoms with E-state index in [1.165, 1.54) is 0 Å². The highest BCUT2D eigenvalue weighted by Gasteiger charge is 2.32. The van der Waals surface area contributed by atoms with Crippen molar-refractivity contribution < 1.29 is 32.2 Å². The molecule has 2 rings (SSSR count). The van der Waals surface area contributed by atoms with Gasteiger partial charge in [-0.2, -0.15) is 13.2 Å². The molecule has 0 radical (unpaired) electrons. The molecule has 144 valence electrons. The van der Waals surface area contributed by atoms with Gasteiger partial charge >= 0.3 is 6.18 Å². The quantitative estimate of drug-likeness (QED) is 0.703. The lowest BCUT2D eigenvalue weighted by molar-refractivity contribution is -0.138. The zero-order valence-electron chi connectivity index (χ0n) is 13.6. The van der Waals surface area contributed by atoms with Gasteiger partial charge in [-0.25, -0.2) is 0 Å². The average Bonchev–Trinajstić information content (AvgIpc) is 2.55. The highest BCUT2D eigenvalue weighted by Crippen LogP contribution is 2.27. The maximum Gasteiger partial charge on any atom is 0.417 e. The number of carbonyl (C=O) groups excluding carboxylic acids is 2. The first-order valence-corrected chi connectivity index (χ1v) is 7.71. The molecule has 0 aliphatic carbocycles. The van der Waals surface area contributed by atoms with Gasteiger partial charge < -0.3 is 25.1 Å². The molecule has 1 aromatic heterocycles. The second-order valence-corrected chi connectivity index (χ2v) is 5.74. The number of rotatable bonds is 6. The Labute approximate surface area is 146 Å². The number of primary amides is 1. The lowest BCUT2D eigenvalue weighted by Crippen LogP contribution is -2.52. The largest absolute Gasteiger partial charge is 0.417 e. The highest BCUT2D eigenvalue weighted by atomic mass is 19.4. The normalized spacial score (nSPS) is 20.6. The van der Waals surface area contributed by atoms with Crippen molar-refractivity contribution in [2.24, 2.45) is 5.73 Å². The van der Waals surface area contributed by atoms with Gasteiger partial charge in [0.25, 0.3) is 5.56 Å². The molecule has 3 N–H and O–H groups in total. The summed E-state index contributed by atoms with van der Waals surface area (Å²) in [6.07, 6.45) is -4.17. The molecule has 0 bridgehead atoms. The number of pyridine rings is 1. The van der Waals surface area contributed by atoms with Gasteiger partial charge in [-0.15, -0.1) is 0 Å². The molecule has 1 aromatic rings. The van der Waals surface area contributed by atoms with Crippen LogP contribution in [0.2, 0.25) is 0 Å². The SMILES string of the molecule is NC(=O)CO[C@@H]1CCOC[C@@H]1NC(=O)Cn1cc(C(F)(F)F)ccc1=O. The van der Waals surface area contributed by atoms with E-state index in [9.17, 15) is 27.6 Å². The minimum Gasteiger partial charge on any atom is -0.379 e. The minimum atomic E-state index is -4.63. The minimum absolute atomic E-state index is 0.104. The zero-order valence-corrected chi connectivity index (χ0v) is 13.6. The predicted molar refractivity (Wildman–Crippen MR) is 82.0 cm³/mol. The third-order valence-corrected chi connectivity index (χ3v) is 3.70. The molecule has 2 heterocycles. The molecule has 1 aliphatic rings. The van der Waals surface area contributed by atoms with Crippen LogP contribution in [-0.4, -0.2) is 48.3 Å². The van der Waals surface area contributed by atoms with E-state index >= 15 is 0 Å². The van der Waals surface area contributed by atoms with Crippen molar-refractivity contribution >= 4 is 11.8 Å². The van der Waals surface area contributed by atoms with Gasteiger partial charge in [0.1, 0.15) is 13.2 Å². The van der Waals surface area contributed by atoms with Crippen LogP contribution in [0.3, 0.4) is 0 Å². The van der Waals surface area contributed by atoms with Crippen molar-refractivity contribution in [2.45, 2.75) is 31.3 Å². The van der Waals surface area contributed by atoms with Gasteiger partial charge in [0.2, 0.25) is 11.8 Å². The summed E-state index contributed by atoms with van der Waals surface area (Å²) in [5, 5.41) is 2.54. The van der Waals surface area contributed by atoms with Crippen molar-refractivity contribution in [1.82, 2.24) is 9.88 Å². The Morgan fingerprint density at radius 3 is 2.77 bits per heavy atom. The third kappa shape index (κ3) is 5.56. The Balaban J connectivity index is 2.03. The van der Waals surface area contributed by atoms with E-state index < -0.39 is 47.8 Å². The number of hydrogen-bond donors (Lipinski definition) is 2. The van der Waals surface area contributed by atoms with Gasteiger partial charge in [0, 0.05) is 18.9 Å². The number of nitrogens with one attached hydrogen (secondary N) is 1. The van der Waals surface area contributed by atoms with E-state index in [1.807, 2.05) is 0 Å². The van der Waals surface area contributed by atoms with Gasteiger partial charge in [0.15, 0.2) is 0 Å². The number of carbonyl (C=O) groups is 2. The number of aromatic nitrogens is 1. The molecular weight excluding hydrogens is 359 g/mol. The van der Waals surface area contributed by atoms with Crippen molar-refractivity contribution in [2.75, 3.05) is 19.8 Å². The van der Waals surface area contributed by atoms with Gasteiger partial charge in [-0.05, 0) is 12.5 Å². The summed E-state index contributed by atoms with van der Waals surface area (Å²) in [6.45, 7) is -0.457. The maximum absolute atomic E-state index is 12.7. The number of nitrogens with zero attached hydrogens (tertiary/aromatic N) is 1. The molecule has 26 heavy (non-hydrogen) atoms. The van der Waals surface area contributed by atoms with Crippen LogP contribution in [0.5, 0.6) is 0 Å². The fourth-order valence-electron chi connectivity index (χ4n) is 2.47. The van der Waals surface area contributed by atoms with Crippen LogP contribution in [0.25, 0.3) is 0 Å². The number of amides is 2. The van der Waals surface area contributed by atoms with E-state index in [1.54, 1.807) is 0 Å². The zero-order chi connectivity index (χ0) is 19.3. The second kappa shape index (κ2) is 8.32. The van der Waals surface area contributed by atoms with Gasteiger partial charge in [0.05, 0.1) is 24.3 Å². The molecular formula is C15H18F3N3O5. The van der Waals surface area contributed by atoms with Crippen LogP contribution < -0.4 is 16.6 Å². The first-order valence-electron chi connectivity index (χ1n) is 7.71. The Hall–Kier alpha value is -2.40. The van der Waals surface area contributed by atoms with Crippen molar-refractivity contribution in [3.63, 3.8) is 0 Å². The number of halogens is 3. The lowest BCUT2D eigenvalue weighted by Gasteiger charge is -2.31. The molecule has 0 aromatic carbocycles. The number of ether oxygens (including phenoxy) is 2. The summed E-state index contributed by atoms with van der Waals surface area (Å²) in [7, 11) is 0. The van der Waals surface area contributed by atoms with Gasteiger partial charge in [-0.1, -0.05) is 0 Å². The predicted octanol–water partition coefficient (Wildman–Crippen LogP) is -0.357. The second-order valence-electron chi connectivity index (χ2n) is 5.74.